The smallest absolute Gasteiger partial charge is 0.231 e. The van der Waals surface area contributed by atoms with Crippen LogP contribution in [0.1, 0.15) is 34.6 Å². The molecule has 0 aromatic heterocycles. The fourth-order valence-corrected chi connectivity index (χ4v) is 0.911. The molecule has 0 saturated carbocycles. The molecule has 3 heteroatoms. The first-order valence-electron chi connectivity index (χ1n) is 3.92. The fraction of sp³-hybridized carbons (Fsp3) is 0.875. The number of amides is 1. The Labute approximate surface area is 68.7 Å². The van der Waals surface area contributed by atoms with Crippen molar-refractivity contribution in [3.63, 3.8) is 0 Å². The zero-order valence-electron chi connectivity index (χ0n) is 8.06. The number of nitrogens with one attached hydrogen (secondary N) is 1. The van der Waals surface area contributed by atoms with Crippen LogP contribution in [-0.2, 0) is 4.79 Å². The second kappa shape index (κ2) is 3.72. The molecular weight excluding hydrogens is 140 g/mol. The van der Waals surface area contributed by atoms with Crippen LogP contribution in [0.5, 0.6) is 0 Å². The highest BCUT2D eigenvalue weighted by molar-refractivity contribution is 5.72. The first kappa shape index (κ1) is 10.4. The van der Waals surface area contributed by atoms with Crippen LogP contribution in [-0.4, -0.2) is 23.0 Å². The molecule has 0 heterocycles. The minimum atomic E-state index is -0.0122. The molecule has 0 aliphatic heterocycles. The summed E-state index contributed by atoms with van der Waals surface area (Å²) in [6.07, 6.45) is 0. The van der Waals surface area contributed by atoms with Gasteiger partial charge in [0.05, 0.1) is 0 Å². The van der Waals surface area contributed by atoms with E-state index >= 15 is 0 Å². The molecule has 0 unspecified atom stereocenters. The van der Waals surface area contributed by atoms with Crippen molar-refractivity contribution in [2.75, 3.05) is 6.54 Å². The molecule has 0 spiro atoms. The molecule has 3 nitrogen and oxygen atoms in total. The number of hydrogen-bond acceptors (Lipinski definition) is 2. The number of carbonyl (C=O) groups is 1. The highest BCUT2D eigenvalue weighted by atomic mass is 16.2. The Kier molecular flexibility index (Phi) is 3.52. The first-order chi connectivity index (χ1) is 4.88. The van der Waals surface area contributed by atoms with Gasteiger partial charge in [-0.2, -0.15) is 0 Å². The zero-order valence-corrected chi connectivity index (χ0v) is 8.06. The van der Waals surface area contributed by atoms with E-state index in [0.29, 0.717) is 0 Å². The minimum absolute atomic E-state index is 0.000417. The van der Waals surface area contributed by atoms with E-state index in [1.807, 2.05) is 11.9 Å². The van der Waals surface area contributed by atoms with Gasteiger partial charge in [-0.25, -0.2) is 5.01 Å². The second-order valence-electron chi connectivity index (χ2n) is 3.58. The van der Waals surface area contributed by atoms with E-state index in [4.69, 9.17) is 0 Å². The third kappa shape index (κ3) is 3.98. The molecule has 0 aromatic rings. The number of nitrogens with zero attached hydrogens (tertiary/aromatic N) is 1. The normalized spacial score (nSPS) is 11.8. The molecule has 1 amide bonds. The van der Waals surface area contributed by atoms with Crippen LogP contribution >= 0.6 is 0 Å². The summed E-state index contributed by atoms with van der Waals surface area (Å²) >= 11 is 0. The van der Waals surface area contributed by atoms with Gasteiger partial charge in [-0.3, -0.25) is 10.2 Å². The van der Waals surface area contributed by atoms with E-state index in [-0.39, 0.29) is 11.4 Å². The van der Waals surface area contributed by atoms with E-state index in [9.17, 15) is 4.79 Å². The summed E-state index contributed by atoms with van der Waals surface area (Å²) in [6, 6.07) is 0. The average molecular weight is 158 g/mol. The molecule has 0 aliphatic carbocycles. The monoisotopic (exact) mass is 158 g/mol. The highest BCUT2D eigenvalue weighted by Crippen LogP contribution is 2.08. The summed E-state index contributed by atoms with van der Waals surface area (Å²) in [4.78, 5) is 10.7. The largest absolute Gasteiger partial charge is 0.289 e. The van der Waals surface area contributed by atoms with Gasteiger partial charge in [0.1, 0.15) is 0 Å². The Hall–Kier alpha value is -0.570. The Balaban J connectivity index is 4.07. The predicted octanol–water partition coefficient (Wildman–Crippen LogP) is 1.16. The van der Waals surface area contributed by atoms with Gasteiger partial charge >= 0.3 is 0 Å². The molecule has 0 atom stereocenters. The van der Waals surface area contributed by atoms with E-state index in [0.717, 1.165) is 6.54 Å². The zero-order chi connectivity index (χ0) is 9.07. The fourth-order valence-electron chi connectivity index (χ4n) is 0.911. The van der Waals surface area contributed by atoms with E-state index < -0.39 is 0 Å². The Bertz CT molecular complexity index is 138. The lowest BCUT2D eigenvalue weighted by Crippen LogP contribution is -2.51. The van der Waals surface area contributed by atoms with Gasteiger partial charge in [0.25, 0.3) is 0 Å². The van der Waals surface area contributed by atoms with Crippen molar-refractivity contribution in [2.45, 2.75) is 40.2 Å². The van der Waals surface area contributed by atoms with Crippen molar-refractivity contribution in [2.24, 2.45) is 0 Å². The van der Waals surface area contributed by atoms with E-state index in [2.05, 4.69) is 26.2 Å². The van der Waals surface area contributed by atoms with Crippen LogP contribution in [0.4, 0.5) is 0 Å². The van der Waals surface area contributed by atoms with Gasteiger partial charge in [-0.15, -0.1) is 0 Å². The topological polar surface area (TPSA) is 32.3 Å². The third-order valence-corrected chi connectivity index (χ3v) is 1.42. The first-order valence-corrected chi connectivity index (χ1v) is 3.92. The van der Waals surface area contributed by atoms with Crippen LogP contribution in [0.15, 0.2) is 0 Å². The molecule has 66 valence electrons. The molecule has 1 N–H and O–H groups in total. The molecule has 0 radical (unpaired) electrons. The maximum atomic E-state index is 10.7. The molecule has 0 bridgehead atoms. The van der Waals surface area contributed by atoms with Gasteiger partial charge in [0, 0.05) is 19.0 Å². The Morgan fingerprint density at radius 2 is 1.91 bits per heavy atom. The van der Waals surface area contributed by atoms with E-state index in [1.165, 1.54) is 6.92 Å². The molecular formula is C8H18N2O. The Morgan fingerprint density at radius 3 is 2.00 bits per heavy atom. The summed E-state index contributed by atoms with van der Waals surface area (Å²) in [5.41, 5.74) is 2.76. The van der Waals surface area contributed by atoms with Crippen molar-refractivity contribution in [1.29, 1.82) is 0 Å². The molecule has 0 aromatic carbocycles. The maximum absolute atomic E-state index is 10.7. The summed E-state index contributed by atoms with van der Waals surface area (Å²) in [5, 5.41) is 1.91. The SMILES string of the molecule is CCN(NC(C)=O)C(C)(C)C. The van der Waals surface area contributed by atoms with Crippen LogP contribution < -0.4 is 5.43 Å². The maximum Gasteiger partial charge on any atom is 0.231 e. The van der Waals surface area contributed by atoms with Gasteiger partial charge in [0.2, 0.25) is 5.91 Å². The molecule has 0 fully saturated rings. The summed E-state index contributed by atoms with van der Waals surface area (Å²) in [6.45, 7) is 10.5. The molecule has 0 saturated heterocycles. The summed E-state index contributed by atoms with van der Waals surface area (Å²) in [5.74, 6) is -0.0122. The van der Waals surface area contributed by atoms with Crippen molar-refractivity contribution >= 4 is 5.91 Å². The quantitative estimate of drug-likeness (QED) is 0.612. The standard InChI is InChI=1S/C8H18N2O/c1-6-10(8(3,4)5)9-7(2)11/h6H2,1-5H3,(H,9,11). The third-order valence-electron chi connectivity index (χ3n) is 1.42. The summed E-state index contributed by atoms with van der Waals surface area (Å²) < 4.78 is 0. The van der Waals surface area contributed by atoms with Gasteiger partial charge in [0.15, 0.2) is 0 Å². The van der Waals surface area contributed by atoms with Crippen LogP contribution in [0, 0.1) is 0 Å². The van der Waals surface area contributed by atoms with Gasteiger partial charge in [-0.05, 0) is 20.8 Å². The number of hydrogen-bond donors (Lipinski definition) is 1. The number of rotatable bonds is 2. The second-order valence-corrected chi connectivity index (χ2v) is 3.58. The van der Waals surface area contributed by atoms with Crippen LogP contribution in [0.3, 0.4) is 0 Å². The number of carbonyl (C=O) groups excluding carboxylic acids is 1. The van der Waals surface area contributed by atoms with Gasteiger partial charge in [-0.1, -0.05) is 6.92 Å². The summed E-state index contributed by atoms with van der Waals surface area (Å²) in [7, 11) is 0. The average Bonchev–Trinajstić information content (AvgIpc) is 1.79. The molecule has 11 heavy (non-hydrogen) atoms. The van der Waals surface area contributed by atoms with Gasteiger partial charge < -0.3 is 0 Å². The Morgan fingerprint density at radius 1 is 1.45 bits per heavy atom. The van der Waals surface area contributed by atoms with Crippen molar-refractivity contribution in [1.82, 2.24) is 10.4 Å². The van der Waals surface area contributed by atoms with Crippen molar-refractivity contribution in [3.8, 4) is 0 Å². The van der Waals surface area contributed by atoms with E-state index in [1.54, 1.807) is 0 Å². The lowest BCUT2D eigenvalue weighted by molar-refractivity contribution is -0.126. The minimum Gasteiger partial charge on any atom is -0.289 e. The lowest BCUT2D eigenvalue weighted by atomic mass is 10.1. The lowest BCUT2D eigenvalue weighted by Gasteiger charge is -2.34. The van der Waals surface area contributed by atoms with Crippen molar-refractivity contribution in [3.05, 3.63) is 0 Å². The van der Waals surface area contributed by atoms with Crippen LogP contribution in [0.2, 0.25) is 0 Å². The highest BCUT2D eigenvalue weighted by Gasteiger charge is 2.19. The predicted molar refractivity (Wildman–Crippen MR) is 45.9 cm³/mol. The van der Waals surface area contributed by atoms with Crippen LogP contribution in [0.25, 0.3) is 0 Å². The molecule has 0 rings (SSSR count). The van der Waals surface area contributed by atoms with Crippen molar-refractivity contribution < 1.29 is 4.79 Å². The molecule has 0 aliphatic rings. The number of hydrazine groups is 1.